The number of rotatable bonds is 12. The Bertz CT molecular complexity index is 2240. The Morgan fingerprint density at radius 2 is 0.760 bits per heavy atom. The fourth-order valence-electron chi connectivity index (χ4n) is 6.37. The number of phosphoric acid groups is 1. The van der Waals surface area contributed by atoms with Crippen molar-refractivity contribution in [2.45, 2.75) is 80.1 Å². The molecule has 260 valence electrons. The van der Waals surface area contributed by atoms with Crippen LogP contribution in [0.25, 0.3) is 32.7 Å². The number of benzene rings is 3. The van der Waals surface area contributed by atoms with Crippen LogP contribution in [0.5, 0.6) is 0 Å². The van der Waals surface area contributed by atoms with Gasteiger partial charge in [0.05, 0.1) is 16.2 Å². The first-order valence-electron chi connectivity index (χ1n) is 16.5. The smallest absolute Gasteiger partial charge is 0.267 e. The molecule has 50 heavy (non-hydrogen) atoms. The third-order valence-corrected chi connectivity index (χ3v) is 9.83. The van der Waals surface area contributed by atoms with E-state index >= 15 is 0 Å². The minimum Gasteiger partial charge on any atom is -0.267 e. The van der Waals surface area contributed by atoms with E-state index in [2.05, 4.69) is 30.9 Å². The van der Waals surface area contributed by atoms with Crippen molar-refractivity contribution in [2.24, 2.45) is 0 Å². The van der Waals surface area contributed by atoms with Crippen LogP contribution in [0.3, 0.4) is 0 Å². The average Bonchev–Trinajstić information content (AvgIpc) is 3.13. The molecule has 0 unspecified atom stereocenters. The maximum atomic E-state index is 14.7. The topological polar surface area (TPSA) is 188 Å². The Hall–Kier alpha value is -5.50. The Morgan fingerprint density at radius 1 is 0.480 bits per heavy atom. The Kier molecular flexibility index (Phi) is 9.47. The lowest BCUT2D eigenvalue weighted by molar-refractivity contribution is 0.0453. The molecular weight excluding hydrogens is 665 g/mol. The van der Waals surface area contributed by atoms with E-state index in [1.807, 2.05) is 59.7 Å². The minimum atomic E-state index is -5.35. The van der Waals surface area contributed by atoms with Crippen molar-refractivity contribution in [3.63, 3.8) is 0 Å². The van der Waals surface area contributed by atoms with Crippen molar-refractivity contribution in [3.05, 3.63) is 101 Å². The number of fused-ring (bicyclic) bond motifs is 3. The molecule has 0 saturated heterocycles. The molecule has 0 aliphatic carbocycles. The average molecular weight is 702 g/mol. The molecule has 0 aliphatic heterocycles. The van der Waals surface area contributed by atoms with Gasteiger partial charge >= 0.3 is 24.5 Å². The molecule has 0 spiro atoms. The predicted octanol–water partition coefficient (Wildman–Crippen LogP) is 3.17. The predicted molar refractivity (Wildman–Crippen MR) is 185 cm³/mol. The van der Waals surface area contributed by atoms with Gasteiger partial charge in [0.2, 0.25) is 0 Å². The third-order valence-electron chi connectivity index (χ3n) is 8.76. The number of hydrogen-bond acceptors (Lipinski definition) is 13. The standard InChI is InChI=1S/C33H36N9O7P/c1-7-19-13-16-25-28(22(19)10-4)31(43)40(37-34-25)47-50(46,48-41-32(44)29-23(11-5)20(8-2)14-17-26(29)35-38-41)49-42-33(45)30-24(12-6)21(9-3)15-18-27(30)36-39-42/h13-18H,7-12H2,1-6H3. The number of nitrogens with zero attached hydrogens (tertiary/aromatic N) is 9. The first-order chi connectivity index (χ1) is 24.1. The van der Waals surface area contributed by atoms with Crippen LogP contribution in [0.1, 0.15) is 74.9 Å². The number of aromatic nitrogens is 9. The SMILES string of the molecule is CCc1ccc2nnn(OP(=O)(On3nnc4ccc(CC)c(CC)c4c3=O)On3nnc4ccc(CC)c(CC)c4c3=O)c(=O)c2c1CC. The maximum Gasteiger partial charge on any atom is 0.710 e. The number of aryl methyl sites for hydroxylation is 6. The zero-order valence-electron chi connectivity index (χ0n) is 28.5. The summed E-state index contributed by atoms with van der Waals surface area (Å²) in [7, 11) is -5.35. The van der Waals surface area contributed by atoms with Gasteiger partial charge in [-0.2, -0.15) is 4.57 Å². The maximum absolute atomic E-state index is 14.7. The van der Waals surface area contributed by atoms with Gasteiger partial charge in [0, 0.05) is 0 Å². The summed E-state index contributed by atoms with van der Waals surface area (Å²) < 4.78 is 31.3. The lowest BCUT2D eigenvalue weighted by Crippen LogP contribution is -2.40. The van der Waals surface area contributed by atoms with Crippen LogP contribution < -0.4 is 30.6 Å². The first kappa shape index (κ1) is 34.4. The lowest BCUT2D eigenvalue weighted by atomic mass is 9.99. The van der Waals surface area contributed by atoms with Crippen molar-refractivity contribution in [3.8, 4) is 0 Å². The van der Waals surface area contributed by atoms with Gasteiger partial charge in [-0.1, -0.05) is 59.7 Å². The van der Waals surface area contributed by atoms with E-state index in [0.29, 0.717) is 69.8 Å². The molecule has 6 rings (SSSR count). The molecule has 0 saturated carbocycles. The van der Waals surface area contributed by atoms with Gasteiger partial charge < -0.3 is 0 Å². The van der Waals surface area contributed by atoms with Crippen LogP contribution in [-0.2, 0) is 43.1 Å². The van der Waals surface area contributed by atoms with Gasteiger partial charge in [-0.15, -0.1) is 15.3 Å². The Balaban J connectivity index is 1.55. The van der Waals surface area contributed by atoms with Gasteiger partial charge in [-0.3, -0.25) is 28.3 Å². The van der Waals surface area contributed by atoms with E-state index in [4.69, 9.17) is 13.9 Å². The van der Waals surface area contributed by atoms with E-state index in [9.17, 15) is 18.9 Å². The van der Waals surface area contributed by atoms with Gasteiger partial charge in [0.1, 0.15) is 16.6 Å². The molecule has 0 N–H and O–H groups in total. The zero-order valence-corrected chi connectivity index (χ0v) is 29.4. The summed E-state index contributed by atoms with van der Waals surface area (Å²) in [5.41, 5.74) is 3.17. The molecule has 3 aromatic heterocycles. The van der Waals surface area contributed by atoms with E-state index in [1.165, 1.54) is 0 Å². The highest BCUT2D eigenvalue weighted by Crippen LogP contribution is 2.38. The molecule has 3 aromatic carbocycles. The summed E-state index contributed by atoms with van der Waals surface area (Å²) in [5.74, 6) is 0. The van der Waals surface area contributed by atoms with Crippen LogP contribution in [0, 0.1) is 0 Å². The second-order valence-electron chi connectivity index (χ2n) is 11.4. The molecule has 0 atom stereocenters. The van der Waals surface area contributed by atoms with E-state index < -0.39 is 24.5 Å². The second-order valence-corrected chi connectivity index (χ2v) is 12.8. The monoisotopic (exact) mass is 701 g/mol. The molecule has 16 nitrogen and oxygen atoms in total. The van der Waals surface area contributed by atoms with Crippen molar-refractivity contribution >= 4 is 40.5 Å². The highest BCUT2D eigenvalue weighted by Gasteiger charge is 2.40. The van der Waals surface area contributed by atoms with Crippen molar-refractivity contribution < 1.29 is 18.4 Å². The molecule has 0 amide bonds. The fraction of sp³-hybridized carbons (Fsp3) is 0.364. The Labute approximate surface area is 285 Å². The highest BCUT2D eigenvalue weighted by atomic mass is 31.2. The number of hydrogen-bond donors (Lipinski definition) is 0. The second kappa shape index (κ2) is 13.8. The lowest BCUT2D eigenvalue weighted by Gasteiger charge is -2.18. The van der Waals surface area contributed by atoms with E-state index in [0.717, 1.165) is 16.7 Å². The molecule has 0 aliphatic rings. The van der Waals surface area contributed by atoms with Gasteiger partial charge in [0.15, 0.2) is 0 Å². The summed E-state index contributed by atoms with van der Waals surface area (Å²) in [6.45, 7) is 11.5. The van der Waals surface area contributed by atoms with Crippen molar-refractivity contribution in [1.29, 1.82) is 0 Å². The molecule has 0 fully saturated rings. The normalized spacial score (nSPS) is 11.8. The van der Waals surface area contributed by atoms with Crippen LogP contribution in [0.15, 0.2) is 50.8 Å². The van der Waals surface area contributed by atoms with E-state index in [-0.39, 0.29) is 32.7 Å². The quantitative estimate of drug-likeness (QED) is 0.169. The molecule has 0 bridgehead atoms. The molecule has 6 aromatic rings. The summed E-state index contributed by atoms with van der Waals surface area (Å²) in [6, 6.07) is 10.5. The largest absolute Gasteiger partial charge is 0.710 e. The third kappa shape index (κ3) is 5.89. The van der Waals surface area contributed by atoms with Crippen LogP contribution in [0.4, 0.5) is 0 Å². The summed E-state index contributed by atoms with van der Waals surface area (Å²) >= 11 is 0. The van der Waals surface area contributed by atoms with Gasteiger partial charge in [-0.25, -0.2) is 0 Å². The highest BCUT2D eigenvalue weighted by molar-refractivity contribution is 7.49. The summed E-state index contributed by atoms with van der Waals surface area (Å²) in [6.07, 6.45) is 3.36. The molecule has 0 radical (unpaired) electrons. The van der Waals surface area contributed by atoms with Crippen molar-refractivity contribution in [1.82, 2.24) is 45.5 Å². The van der Waals surface area contributed by atoms with Crippen LogP contribution in [-0.4, -0.2) is 45.5 Å². The Morgan fingerprint density at radius 3 is 1.00 bits per heavy atom. The van der Waals surface area contributed by atoms with Gasteiger partial charge in [-0.05, 0) is 120 Å². The molecular formula is C33H36N9O7P. The molecule has 3 heterocycles. The van der Waals surface area contributed by atoms with E-state index in [1.54, 1.807) is 18.2 Å². The molecule has 17 heteroatoms. The fourth-order valence-corrected chi connectivity index (χ4v) is 7.35. The minimum absolute atomic E-state index is 0.179. The summed E-state index contributed by atoms with van der Waals surface area (Å²) in [5, 5.41) is 24.2. The summed E-state index contributed by atoms with van der Waals surface area (Å²) in [4.78, 5) is 42.6. The first-order valence-corrected chi connectivity index (χ1v) is 18.0. The van der Waals surface area contributed by atoms with Crippen LogP contribution in [0.2, 0.25) is 0 Å². The zero-order chi connectivity index (χ0) is 35.7. The van der Waals surface area contributed by atoms with Crippen molar-refractivity contribution in [2.75, 3.05) is 0 Å². The van der Waals surface area contributed by atoms with Crippen LogP contribution >= 0.6 is 7.82 Å². The van der Waals surface area contributed by atoms with Gasteiger partial charge in [0.25, 0.3) is 0 Å².